The molecule has 1 spiro atoms. The van der Waals surface area contributed by atoms with Gasteiger partial charge in [0, 0.05) is 0 Å². The molecule has 0 fully saturated rings. The SMILES string of the molecule is C=CC1=C(C=C)C2(c3ccccc31)c1ccccc1-c1c(C)cccc12. The molecule has 2 aliphatic rings. The fourth-order valence-electron chi connectivity index (χ4n) is 5.11. The minimum atomic E-state index is -0.292. The molecule has 1 atom stereocenters. The number of hydrogen-bond donors (Lipinski definition) is 0. The second-order valence-electron chi connectivity index (χ2n) is 7.07. The molecule has 0 heterocycles. The molecule has 0 amide bonds. The third-order valence-electron chi connectivity index (χ3n) is 6.00. The normalized spacial score (nSPS) is 19.3. The van der Waals surface area contributed by atoms with Gasteiger partial charge in [-0.1, -0.05) is 92.0 Å². The molecule has 3 aromatic rings. The zero-order chi connectivity index (χ0) is 17.9. The van der Waals surface area contributed by atoms with Gasteiger partial charge in [0.15, 0.2) is 0 Å². The molecule has 3 aromatic carbocycles. The Labute approximate surface area is 154 Å². The summed E-state index contributed by atoms with van der Waals surface area (Å²) in [6.07, 6.45) is 4.02. The Kier molecular flexibility index (Phi) is 3.02. The Balaban J connectivity index is 2.06. The maximum atomic E-state index is 4.21. The van der Waals surface area contributed by atoms with E-state index in [2.05, 4.69) is 86.8 Å². The molecule has 0 saturated heterocycles. The summed E-state index contributed by atoms with van der Waals surface area (Å²) in [4.78, 5) is 0. The topological polar surface area (TPSA) is 0 Å². The van der Waals surface area contributed by atoms with Crippen LogP contribution in [0.4, 0.5) is 0 Å². The number of aryl methyl sites for hydroxylation is 1. The molecule has 124 valence electrons. The van der Waals surface area contributed by atoms with E-state index in [0.717, 1.165) is 0 Å². The summed E-state index contributed by atoms with van der Waals surface area (Å²) in [6.45, 7) is 10.5. The summed E-state index contributed by atoms with van der Waals surface area (Å²) in [7, 11) is 0. The number of rotatable bonds is 2. The van der Waals surface area contributed by atoms with Crippen molar-refractivity contribution >= 4 is 5.57 Å². The summed E-state index contributed by atoms with van der Waals surface area (Å²) >= 11 is 0. The minimum absolute atomic E-state index is 0.292. The largest absolute Gasteiger partial charge is 0.0987 e. The van der Waals surface area contributed by atoms with E-state index in [1.54, 1.807) is 0 Å². The van der Waals surface area contributed by atoms with Gasteiger partial charge in [0.05, 0.1) is 5.41 Å². The summed E-state index contributed by atoms with van der Waals surface area (Å²) in [5.41, 5.74) is 11.5. The van der Waals surface area contributed by atoms with Gasteiger partial charge in [-0.2, -0.15) is 0 Å². The zero-order valence-electron chi connectivity index (χ0n) is 14.9. The van der Waals surface area contributed by atoms with Gasteiger partial charge in [-0.15, -0.1) is 0 Å². The van der Waals surface area contributed by atoms with Crippen molar-refractivity contribution in [3.63, 3.8) is 0 Å². The van der Waals surface area contributed by atoms with Crippen molar-refractivity contribution < 1.29 is 0 Å². The van der Waals surface area contributed by atoms with Crippen LogP contribution in [0.5, 0.6) is 0 Å². The van der Waals surface area contributed by atoms with Gasteiger partial charge in [-0.3, -0.25) is 0 Å². The lowest BCUT2D eigenvalue weighted by molar-refractivity contribution is 0.786. The minimum Gasteiger partial charge on any atom is -0.0987 e. The summed E-state index contributed by atoms with van der Waals surface area (Å²) in [6, 6.07) is 24.2. The predicted octanol–water partition coefficient (Wildman–Crippen LogP) is 6.45. The predicted molar refractivity (Wildman–Crippen MR) is 110 cm³/mol. The zero-order valence-corrected chi connectivity index (χ0v) is 14.9. The standard InChI is InChI=1S/C26H20/c1-4-18-19-12-6-8-14-22(19)26(21(18)5-2)23-15-9-7-13-20(23)25-17(3)11-10-16-24(25)26/h4-16H,1-2H2,3H3. The molecule has 0 saturated carbocycles. The van der Waals surface area contributed by atoms with Crippen LogP contribution in [-0.4, -0.2) is 0 Å². The molecule has 2 aliphatic carbocycles. The highest BCUT2D eigenvalue weighted by molar-refractivity contribution is 5.98. The Bertz CT molecular complexity index is 1130. The van der Waals surface area contributed by atoms with Crippen LogP contribution in [0.15, 0.2) is 97.6 Å². The Morgan fingerprint density at radius 1 is 0.692 bits per heavy atom. The Hall–Kier alpha value is -3.12. The number of allylic oxidation sites excluding steroid dienone is 4. The second-order valence-corrected chi connectivity index (χ2v) is 7.07. The Morgan fingerprint density at radius 2 is 1.31 bits per heavy atom. The first-order chi connectivity index (χ1) is 12.7. The van der Waals surface area contributed by atoms with E-state index in [1.807, 2.05) is 12.2 Å². The summed E-state index contributed by atoms with van der Waals surface area (Å²) < 4.78 is 0. The molecule has 5 rings (SSSR count). The van der Waals surface area contributed by atoms with Gasteiger partial charge in [0.25, 0.3) is 0 Å². The maximum Gasteiger partial charge on any atom is 0.0725 e. The number of benzene rings is 3. The van der Waals surface area contributed by atoms with Crippen LogP contribution >= 0.6 is 0 Å². The van der Waals surface area contributed by atoms with Crippen LogP contribution in [0.1, 0.15) is 27.8 Å². The van der Waals surface area contributed by atoms with E-state index in [1.165, 1.54) is 50.1 Å². The fourth-order valence-corrected chi connectivity index (χ4v) is 5.11. The molecular weight excluding hydrogens is 312 g/mol. The lowest BCUT2D eigenvalue weighted by atomic mass is 9.69. The number of hydrogen-bond acceptors (Lipinski definition) is 0. The molecule has 0 heteroatoms. The highest BCUT2D eigenvalue weighted by Crippen LogP contribution is 2.62. The average molecular weight is 332 g/mol. The third kappa shape index (κ3) is 1.55. The first-order valence-electron chi connectivity index (χ1n) is 9.04. The van der Waals surface area contributed by atoms with E-state index in [0.29, 0.717) is 0 Å². The second kappa shape index (κ2) is 5.19. The molecular formula is C26H20. The van der Waals surface area contributed by atoms with Gasteiger partial charge in [0.1, 0.15) is 0 Å². The monoisotopic (exact) mass is 332 g/mol. The van der Waals surface area contributed by atoms with Crippen molar-refractivity contribution in [1.29, 1.82) is 0 Å². The van der Waals surface area contributed by atoms with Gasteiger partial charge in [0.2, 0.25) is 0 Å². The molecule has 0 bridgehead atoms. The van der Waals surface area contributed by atoms with Gasteiger partial charge < -0.3 is 0 Å². The lowest BCUT2D eigenvalue weighted by Crippen LogP contribution is -2.26. The van der Waals surface area contributed by atoms with Gasteiger partial charge in [-0.05, 0) is 57.0 Å². The van der Waals surface area contributed by atoms with E-state index in [4.69, 9.17) is 0 Å². The molecule has 26 heavy (non-hydrogen) atoms. The highest BCUT2D eigenvalue weighted by atomic mass is 14.5. The smallest absolute Gasteiger partial charge is 0.0725 e. The average Bonchev–Trinajstić information content (AvgIpc) is 3.14. The van der Waals surface area contributed by atoms with Crippen molar-refractivity contribution in [1.82, 2.24) is 0 Å². The van der Waals surface area contributed by atoms with Gasteiger partial charge >= 0.3 is 0 Å². The lowest BCUT2D eigenvalue weighted by Gasteiger charge is -2.31. The first kappa shape index (κ1) is 15.2. The molecule has 0 aromatic heterocycles. The molecule has 1 unspecified atom stereocenters. The van der Waals surface area contributed by atoms with Crippen molar-refractivity contribution in [2.75, 3.05) is 0 Å². The fraction of sp³-hybridized carbons (Fsp3) is 0.0769. The maximum absolute atomic E-state index is 4.21. The summed E-state index contributed by atoms with van der Waals surface area (Å²) in [5, 5.41) is 0. The van der Waals surface area contributed by atoms with E-state index >= 15 is 0 Å². The van der Waals surface area contributed by atoms with Crippen LogP contribution < -0.4 is 0 Å². The first-order valence-corrected chi connectivity index (χ1v) is 9.04. The quantitative estimate of drug-likeness (QED) is 0.506. The van der Waals surface area contributed by atoms with Gasteiger partial charge in [-0.25, -0.2) is 0 Å². The Morgan fingerprint density at radius 3 is 2.00 bits per heavy atom. The third-order valence-corrected chi connectivity index (χ3v) is 6.00. The van der Waals surface area contributed by atoms with Crippen molar-refractivity contribution in [2.24, 2.45) is 0 Å². The van der Waals surface area contributed by atoms with Crippen LogP contribution in [0.25, 0.3) is 16.7 Å². The molecule has 0 radical (unpaired) electrons. The van der Waals surface area contributed by atoms with E-state index in [-0.39, 0.29) is 5.41 Å². The van der Waals surface area contributed by atoms with Crippen LogP contribution in [0.2, 0.25) is 0 Å². The van der Waals surface area contributed by atoms with Crippen LogP contribution in [0.3, 0.4) is 0 Å². The van der Waals surface area contributed by atoms with E-state index in [9.17, 15) is 0 Å². The van der Waals surface area contributed by atoms with Crippen LogP contribution in [0, 0.1) is 6.92 Å². The highest BCUT2D eigenvalue weighted by Gasteiger charge is 2.51. The van der Waals surface area contributed by atoms with Crippen LogP contribution in [-0.2, 0) is 5.41 Å². The molecule has 0 N–H and O–H groups in total. The van der Waals surface area contributed by atoms with Crippen molar-refractivity contribution in [3.05, 3.63) is 125 Å². The van der Waals surface area contributed by atoms with Crippen molar-refractivity contribution in [3.8, 4) is 11.1 Å². The number of fused-ring (bicyclic) bond motifs is 7. The molecule has 0 aliphatic heterocycles. The van der Waals surface area contributed by atoms with E-state index < -0.39 is 0 Å². The summed E-state index contributed by atoms with van der Waals surface area (Å²) in [5.74, 6) is 0. The molecule has 0 nitrogen and oxygen atoms in total. The van der Waals surface area contributed by atoms with Crippen molar-refractivity contribution in [2.45, 2.75) is 12.3 Å².